The molecule has 0 N–H and O–H groups in total. The number of aryl methyl sites for hydroxylation is 1. The smallest absolute Gasteiger partial charge is 0.0905 e. The maximum Gasteiger partial charge on any atom is 0.0905 e. The number of benzene rings is 1. The second kappa shape index (κ2) is 9.54. The van der Waals surface area contributed by atoms with Crippen molar-refractivity contribution in [2.24, 2.45) is 0 Å². The summed E-state index contributed by atoms with van der Waals surface area (Å²) in [6.45, 7) is 5.34. The van der Waals surface area contributed by atoms with E-state index in [0.717, 1.165) is 0 Å². The van der Waals surface area contributed by atoms with Crippen LogP contribution in [0.4, 0.5) is 0 Å². The monoisotopic (exact) mass is 187 g/mol. The molecular formula is C13H17N. The summed E-state index contributed by atoms with van der Waals surface area (Å²) in [5.74, 6) is 0. The zero-order valence-electron chi connectivity index (χ0n) is 8.74. The molecule has 74 valence electrons. The molecule has 0 atom stereocenters. The Morgan fingerprint density at radius 3 is 2.36 bits per heavy atom. The zero-order chi connectivity index (χ0) is 10.6. The minimum Gasteiger partial charge on any atom is -0.193 e. The first kappa shape index (κ1) is 12.4. The molecule has 0 spiro atoms. The molecule has 0 aliphatic rings. The summed E-state index contributed by atoms with van der Waals surface area (Å²) in [6, 6.07) is 12.3. The van der Waals surface area contributed by atoms with E-state index in [1.165, 1.54) is 30.9 Å². The Balaban J connectivity index is 0.000000364. The molecule has 0 bridgehead atoms. The summed E-state index contributed by atoms with van der Waals surface area (Å²) in [5.41, 5.74) is 1.46. The number of nitrogens with zero attached hydrogens (tertiary/aromatic N) is 1. The number of hydrogen-bond donors (Lipinski definition) is 0. The highest BCUT2D eigenvalue weighted by Crippen LogP contribution is 2.03. The van der Waals surface area contributed by atoms with Crippen molar-refractivity contribution in [1.29, 1.82) is 5.26 Å². The predicted molar refractivity (Wildman–Crippen MR) is 60.9 cm³/mol. The third-order valence-electron chi connectivity index (χ3n) is 1.75. The maximum absolute atomic E-state index is 7.51. The molecule has 0 amide bonds. The average Bonchev–Trinajstić information content (AvgIpc) is 2.28. The normalized spacial score (nSPS) is 8.00. The van der Waals surface area contributed by atoms with E-state index >= 15 is 0 Å². The quantitative estimate of drug-likeness (QED) is 0.661. The number of rotatable bonds is 3. The Kier molecular flexibility index (Phi) is 8.48. The molecule has 0 unspecified atom stereocenters. The second-order valence-corrected chi connectivity index (χ2v) is 2.92. The molecule has 0 heterocycles. The number of unbranched alkanes of at least 4 members (excludes halogenated alkanes) is 1. The topological polar surface area (TPSA) is 23.8 Å². The molecule has 1 rings (SSSR count). The summed E-state index contributed by atoms with van der Waals surface area (Å²) >= 11 is 0. The van der Waals surface area contributed by atoms with Crippen LogP contribution >= 0.6 is 0 Å². The van der Waals surface area contributed by atoms with Crippen LogP contribution in [0.1, 0.15) is 25.3 Å². The van der Waals surface area contributed by atoms with Gasteiger partial charge in [-0.2, -0.15) is 5.26 Å². The van der Waals surface area contributed by atoms with Gasteiger partial charge >= 0.3 is 0 Å². The first-order chi connectivity index (χ1) is 6.85. The fourth-order valence-electron chi connectivity index (χ4n) is 1.03. The van der Waals surface area contributed by atoms with Gasteiger partial charge in [0.05, 0.1) is 6.07 Å². The standard InChI is InChI=1S/C10H14.C3H3N/c1-2-3-7-10-8-5-4-6-9-10;1-2-3-4/h4-6,8-9H,2-3,7H2,1H3;2H,1H2. The predicted octanol–water partition coefficient (Wildman–Crippen LogP) is 3.73. The van der Waals surface area contributed by atoms with Gasteiger partial charge in [-0.1, -0.05) is 50.3 Å². The van der Waals surface area contributed by atoms with Gasteiger partial charge < -0.3 is 0 Å². The van der Waals surface area contributed by atoms with Crippen LogP contribution in [0.15, 0.2) is 43.0 Å². The van der Waals surface area contributed by atoms with Crippen LogP contribution in [0.3, 0.4) is 0 Å². The van der Waals surface area contributed by atoms with Crippen LogP contribution in [0.5, 0.6) is 0 Å². The van der Waals surface area contributed by atoms with Gasteiger partial charge in [0, 0.05) is 6.08 Å². The van der Waals surface area contributed by atoms with E-state index in [0.29, 0.717) is 0 Å². The van der Waals surface area contributed by atoms with Gasteiger partial charge in [-0.05, 0) is 18.4 Å². The molecule has 0 aliphatic carbocycles. The number of allylic oxidation sites excluding steroid dienone is 1. The second-order valence-electron chi connectivity index (χ2n) is 2.92. The van der Waals surface area contributed by atoms with Gasteiger partial charge in [0.25, 0.3) is 0 Å². The first-order valence-electron chi connectivity index (χ1n) is 4.89. The summed E-state index contributed by atoms with van der Waals surface area (Å²) in [4.78, 5) is 0. The van der Waals surface area contributed by atoms with Gasteiger partial charge in [0.15, 0.2) is 0 Å². The SMILES string of the molecule is C=CC#N.CCCCc1ccccc1. The Morgan fingerprint density at radius 1 is 1.36 bits per heavy atom. The van der Waals surface area contributed by atoms with E-state index in [-0.39, 0.29) is 0 Å². The highest BCUT2D eigenvalue weighted by Gasteiger charge is 1.87. The lowest BCUT2D eigenvalue weighted by molar-refractivity contribution is 0.795. The van der Waals surface area contributed by atoms with E-state index in [9.17, 15) is 0 Å². The van der Waals surface area contributed by atoms with Crippen LogP contribution in [0.25, 0.3) is 0 Å². The lowest BCUT2D eigenvalue weighted by atomic mass is 10.1. The minimum absolute atomic E-state index is 1.18. The van der Waals surface area contributed by atoms with Crippen LogP contribution in [-0.2, 0) is 6.42 Å². The molecular weight excluding hydrogens is 170 g/mol. The average molecular weight is 187 g/mol. The molecule has 1 heteroatoms. The Labute approximate surface area is 86.7 Å². The van der Waals surface area contributed by atoms with Gasteiger partial charge in [0.1, 0.15) is 0 Å². The highest BCUT2D eigenvalue weighted by atomic mass is 14.2. The van der Waals surface area contributed by atoms with Crippen molar-refractivity contribution >= 4 is 0 Å². The fourth-order valence-corrected chi connectivity index (χ4v) is 1.03. The summed E-state index contributed by atoms with van der Waals surface area (Å²) < 4.78 is 0. The molecule has 14 heavy (non-hydrogen) atoms. The largest absolute Gasteiger partial charge is 0.193 e. The van der Waals surface area contributed by atoms with Crippen molar-refractivity contribution in [3.63, 3.8) is 0 Å². The van der Waals surface area contributed by atoms with E-state index < -0.39 is 0 Å². The lowest BCUT2D eigenvalue weighted by Crippen LogP contribution is -1.81. The van der Waals surface area contributed by atoms with Gasteiger partial charge in [0.2, 0.25) is 0 Å². The molecule has 1 aromatic carbocycles. The van der Waals surface area contributed by atoms with Crippen LogP contribution < -0.4 is 0 Å². The Morgan fingerprint density at radius 2 is 1.93 bits per heavy atom. The summed E-state index contributed by atoms with van der Waals surface area (Å²) in [5, 5.41) is 7.51. The van der Waals surface area contributed by atoms with Crippen molar-refractivity contribution < 1.29 is 0 Å². The Bertz CT molecular complexity index is 269. The van der Waals surface area contributed by atoms with E-state index in [4.69, 9.17) is 5.26 Å². The highest BCUT2D eigenvalue weighted by molar-refractivity contribution is 5.14. The van der Waals surface area contributed by atoms with E-state index in [1.807, 2.05) is 0 Å². The maximum atomic E-state index is 7.51. The lowest BCUT2D eigenvalue weighted by Gasteiger charge is -1.96. The van der Waals surface area contributed by atoms with E-state index in [2.05, 4.69) is 43.8 Å². The van der Waals surface area contributed by atoms with E-state index in [1.54, 1.807) is 6.07 Å². The van der Waals surface area contributed by atoms with Crippen LogP contribution in [0, 0.1) is 11.3 Å². The van der Waals surface area contributed by atoms with Crippen molar-refractivity contribution in [3.05, 3.63) is 48.6 Å². The number of hydrogen-bond acceptors (Lipinski definition) is 1. The minimum atomic E-state index is 1.18. The number of nitriles is 1. The van der Waals surface area contributed by atoms with Gasteiger partial charge in [-0.3, -0.25) is 0 Å². The third-order valence-corrected chi connectivity index (χ3v) is 1.75. The molecule has 1 aromatic rings. The zero-order valence-corrected chi connectivity index (χ0v) is 8.74. The first-order valence-corrected chi connectivity index (χ1v) is 4.89. The molecule has 0 saturated carbocycles. The molecule has 0 aromatic heterocycles. The van der Waals surface area contributed by atoms with Crippen molar-refractivity contribution in [3.8, 4) is 6.07 Å². The molecule has 1 nitrogen and oxygen atoms in total. The molecule has 0 fully saturated rings. The van der Waals surface area contributed by atoms with Crippen molar-refractivity contribution in [1.82, 2.24) is 0 Å². The summed E-state index contributed by atoms with van der Waals surface area (Å²) in [7, 11) is 0. The van der Waals surface area contributed by atoms with Crippen LogP contribution in [0.2, 0.25) is 0 Å². The van der Waals surface area contributed by atoms with Crippen molar-refractivity contribution in [2.45, 2.75) is 26.2 Å². The molecule has 0 radical (unpaired) electrons. The fraction of sp³-hybridized carbons (Fsp3) is 0.308. The summed E-state index contributed by atoms with van der Waals surface area (Å²) in [6.07, 6.45) is 5.01. The third kappa shape index (κ3) is 7.12. The molecule has 0 saturated heterocycles. The van der Waals surface area contributed by atoms with Crippen LogP contribution in [-0.4, -0.2) is 0 Å². The van der Waals surface area contributed by atoms with Gasteiger partial charge in [-0.15, -0.1) is 0 Å². The van der Waals surface area contributed by atoms with Crippen molar-refractivity contribution in [2.75, 3.05) is 0 Å². The molecule has 0 aliphatic heterocycles. The van der Waals surface area contributed by atoms with Gasteiger partial charge in [-0.25, -0.2) is 0 Å². The Hall–Kier alpha value is -1.55.